The van der Waals surface area contributed by atoms with Crippen molar-refractivity contribution in [1.29, 1.82) is 0 Å². The van der Waals surface area contributed by atoms with Gasteiger partial charge in [0.25, 0.3) is 5.56 Å². The van der Waals surface area contributed by atoms with Crippen LogP contribution in [0.5, 0.6) is 0 Å². The van der Waals surface area contributed by atoms with Gasteiger partial charge in [0.1, 0.15) is 0 Å². The Morgan fingerprint density at radius 3 is 2.78 bits per heavy atom. The van der Waals surface area contributed by atoms with Gasteiger partial charge in [-0.25, -0.2) is 4.98 Å². The van der Waals surface area contributed by atoms with Gasteiger partial charge >= 0.3 is 5.97 Å². The van der Waals surface area contributed by atoms with E-state index >= 15 is 0 Å². The molecule has 0 atom stereocenters. The van der Waals surface area contributed by atoms with Crippen molar-refractivity contribution in [3.05, 3.63) is 22.1 Å². The molecule has 0 spiro atoms. The van der Waals surface area contributed by atoms with Crippen molar-refractivity contribution in [2.45, 2.75) is 38.8 Å². The first-order valence-corrected chi connectivity index (χ1v) is 6.80. The van der Waals surface area contributed by atoms with E-state index in [1.165, 1.54) is 17.8 Å². The van der Waals surface area contributed by atoms with Crippen molar-refractivity contribution < 1.29 is 9.90 Å². The highest BCUT2D eigenvalue weighted by molar-refractivity contribution is 7.99. The number of nitrogens with zero attached hydrogens (tertiary/aromatic N) is 1. The van der Waals surface area contributed by atoms with Crippen molar-refractivity contribution >= 4 is 17.7 Å². The van der Waals surface area contributed by atoms with Crippen molar-refractivity contribution in [2.24, 2.45) is 5.41 Å². The number of carboxylic acids is 1. The molecule has 18 heavy (non-hydrogen) atoms. The molecule has 0 radical (unpaired) electrons. The van der Waals surface area contributed by atoms with Crippen LogP contribution in [0, 0.1) is 5.41 Å². The molecule has 1 aromatic heterocycles. The van der Waals surface area contributed by atoms with Crippen LogP contribution in [-0.2, 0) is 11.2 Å². The SMILES string of the molecule is CCCc1cc(=O)[nH]c(SCC(C)(C)C(=O)O)n1. The first-order valence-electron chi connectivity index (χ1n) is 5.81. The van der Waals surface area contributed by atoms with Crippen molar-refractivity contribution in [3.8, 4) is 0 Å². The van der Waals surface area contributed by atoms with Gasteiger partial charge < -0.3 is 10.1 Å². The summed E-state index contributed by atoms with van der Waals surface area (Å²) in [6, 6.07) is 1.48. The van der Waals surface area contributed by atoms with Crippen LogP contribution >= 0.6 is 11.8 Å². The van der Waals surface area contributed by atoms with Crippen molar-refractivity contribution in [2.75, 3.05) is 5.75 Å². The van der Waals surface area contributed by atoms with Gasteiger partial charge in [0.05, 0.1) is 5.41 Å². The number of hydrogen-bond acceptors (Lipinski definition) is 4. The predicted molar refractivity (Wildman–Crippen MR) is 71.0 cm³/mol. The van der Waals surface area contributed by atoms with Gasteiger partial charge in [0, 0.05) is 17.5 Å². The molecular formula is C12H18N2O3S. The summed E-state index contributed by atoms with van der Waals surface area (Å²) in [7, 11) is 0. The Labute approximate surface area is 110 Å². The smallest absolute Gasteiger partial charge is 0.309 e. The van der Waals surface area contributed by atoms with E-state index in [4.69, 9.17) is 5.11 Å². The lowest BCUT2D eigenvalue weighted by Crippen LogP contribution is -2.26. The highest BCUT2D eigenvalue weighted by Gasteiger charge is 2.27. The van der Waals surface area contributed by atoms with Crippen molar-refractivity contribution in [3.63, 3.8) is 0 Å². The number of hydrogen-bond donors (Lipinski definition) is 2. The predicted octanol–water partition coefficient (Wildman–Crippen LogP) is 1.93. The lowest BCUT2D eigenvalue weighted by molar-refractivity contribution is -0.145. The fourth-order valence-electron chi connectivity index (χ4n) is 1.25. The molecular weight excluding hydrogens is 252 g/mol. The summed E-state index contributed by atoms with van der Waals surface area (Å²) in [5, 5.41) is 9.49. The number of thioether (sulfide) groups is 1. The average Bonchev–Trinajstić information content (AvgIpc) is 2.26. The molecule has 0 aliphatic carbocycles. The van der Waals surface area contributed by atoms with Gasteiger partial charge in [0.2, 0.25) is 0 Å². The van der Waals surface area contributed by atoms with Gasteiger partial charge in [-0.05, 0) is 20.3 Å². The monoisotopic (exact) mass is 270 g/mol. The van der Waals surface area contributed by atoms with Crippen LogP contribution in [0.15, 0.2) is 16.0 Å². The second-order valence-corrected chi connectivity index (χ2v) is 5.73. The third-order valence-electron chi connectivity index (χ3n) is 2.43. The van der Waals surface area contributed by atoms with E-state index in [0.29, 0.717) is 10.9 Å². The van der Waals surface area contributed by atoms with Crippen LogP contribution in [0.4, 0.5) is 0 Å². The molecule has 1 rings (SSSR count). The zero-order chi connectivity index (χ0) is 13.8. The topological polar surface area (TPSA) is 83.0 Å². The second kappa shape index (κ2) is 6.04. The van der Waals surface area contributed by atoms with Crippen LogP contribution in [0.2, 0.25) is 0 Å². The van der Waals surface area contributed by atoms with E-state index < -0.39 is 11.4 Å². The number of rotatable bonds is 6. The quantitative estimate of drug-likeness (QED) is 0.609. The Balaban J connectivity index is 2.79. The minimum Gasteiger partial charge on any atom is -0.481 e. The summed E-state index contributed by atoms with van der Waals surface area (Å²) < 4.78 is 0. The Hall–Kier alpha value is -1.30. The number of carboxylic acid groups (broad SMARTS) is 1. The molecule has 0 aliphatic rings. The molecule has 0 amide bonds. The summed E-state index contributed by atoms with van der Waals surface area (Å²) in [4.78, 5) is 29.3. The third-order valence-corrected chi connectivity index (χ3v) is 3.76. The Bertz CT molecular complexity index is 482. The molecule has 5 nitrogen and oxygen atoms in total. The van der Waals surface area contributed by atoms with E-state index in [2.05, 4.69) is 9.97 Å². The number of aryl methyl sites for hydroxylation is 1. The highest BCUT2D eigenvalue weighted by atomic mass is 32.2. The zero-order valence-corrected chi connectivity index (χ0v) is 11.6. The second-order valence-electron chi connectivity index (χ2n) is 4.77. The zero-order valence-electron chi connectivity index (χ0n) is 10.8. The van der Waals surface area contributed by atoms with Gasteiger partial charge in [-0.2, -0.15) is 0 Å². The van der Waals surface area contributed by atoms with Gasteiger partial charge in [0.15, 0.2) is 5.16 Å². The molecule has 0 bridgehead atoms. The molecule has 0 aliphatic heterocycles. The minimum absolute atomic E-state index is 0.191. The summed E-state index contributed by atoms with van der Waals surface area (Å²) in [6.45, 7) is 5.32. The summed E-state index contributed by atoms with van der Waals surface area (Å²) in [5.41, 5.74) is -0.287. The normalized spacial score (nSPS) is 11.5. The van der Waals surface area contributed by atoms with E-state index in [9.17, 15) is 9.59 Å². The molecule has 1 heterocycles. The maximum Gasteiger partial charge on any atom is 0.309 e. The molecule has 0 saturated heterocycles. The van der Waals surface area contributed by atoms with Crippen molar-refractivity contribution in [1.82, 2.24) is 9.97 Å². The van der Waals surface area contributed by atoms with E-state index in [-0.39, 0.29) is 5.56 Å². The van der Waals surface area contributed by atoms with Crippen LogP contribution in [0.1, 0.15) is 32.9 Å². The number of aromatic amines is 1. The highest BCUT2D eigenvalue weighted by Crippen LogP contribution is 2.25. The molecule has 0 fully saturated rings. The number of H-pyrrole nitrogens is 1. The molecule has 100 valence electrons. The van der Waals surface area contributed by atoms with Crippen LogP contribution < -0.4 is 5.56 Å². The maximum atomic E-state index is 11.4. The van der Waals surface area contributed by atoms with Gasteiger partial charge in [-0.3, -0.25) is 9.59 Å². The average molecular weight is 270 g/mol. The largest absolute Gasteiger partial charge is 0.481 e. The molecule has 6 heteroatoms. The molecule has 0 aromatic carbocycles. The molecule has 2 N–H and O–H groups in total. The van der Waals surface area contributed by atoms with Gasteiger partial charge in [-0.1, -0.05) is 25.1 Å². The number of aliphatic carboxylic acids is 1. The lowest BCUT2D eigenvalue weighted by atomic mass is 9.97. The number of aromatic nitrogens is 2. The van der Waals surface area contributed by atoms with E-state index in [1.807, 2.05) is 6.92 Å². The number of carbonyl (C=O) groups is 1. The number of nitrogens with one attached hydrogen (secondary N) is 1. The molecule has 0 unspecified atom stereocenters. The van der Waals surface area contributed by atoms with Crippen LogP contribution in [0.25, 0.3) is 0 Å². The summed E-state index contributed by atoms with van der Waals surface area (Å²) >= 11 is 1.26. The standard InChI is InChI=1S/C12H18N2O3S/c1-4-5-8-6-9(15)14-11(13-8)18-7-12(2,3)10(16)17/h6H,4-5,7H2,1-3H3,(H,16,17)(H,13,14,15). The van der Waals surface area contributed by atoms with Crippen LogP contribution in [-0.4, -0.2) is 26.8 Å². The van der Waals surface area contributed by atoms with Gasteiger partial charge in [-0.15, -0.1) is 0 Å². The molecule has 1 aromatic rings. The van der Waals surface area contributed by atoms with Crippen LogP contribution in [0.3, 0.4) is 0 Å². The van der Waals surface area contributed by atoms with E-state index in [1.54, 1.807) is 13.8 Å². The third kappa shape index (κ3) is 4.18. The Kier molecular flexibility index (Phi) is 4.95. The first-order chi connectivity index (χ1) is 8.35. The minimum atomic E-state index is -0.859. The van der Waals surface area contributed by atoms with E-state index in [0.717, 1.165) is 18.5 Å². The Morgan fingerprint density at radius 2 is 2.22 bits per heavy atom. The fraction of sp³-hybridized carbons (Fsp3) is 0.583. The lowest BCUT2D eigenvalue weighted by Gasteiger charge is -2.17. The molecule has 0 saturated carbocycles. The summed E-state index contributed by atoms with van der Waals surface area (Å²) in [5.74, 6) is -0.497. The fourth-order valence-corrected chi connectivity index (χ4v) is 2.22. The Morgan fingerprint density at radius 1 is 1.56 bits per heavy atom. The summed E-state index contributed by atoms with van der Waals surface area (Å²) in [6.07, 6.45) is 1.67. The first kappa shape index (κ1) is 14.8. The maximum absolute atomic E-state index is 11.4.